The van der Waals surface area contributed by atoms with Crippen molar-refractivity contribution in [3.8, 4) is 5.69 Å². The van der Waals surface area contributed by atoms with E-state index < -0.39 is 28.8 Å². The minimum Gasteiger partial charge on any atom is -0.343 e. The van der Waals surface area contributed by atoms with Crippen molar-refractivity contribution in [2.45, 2.75) is 38.5 Å². The molecule has 1 aliphatic carbocycles. The van der Waals surface area contributed by atoms with Crippen LogP contribution in [0.15, 0.2) is 41.5 Å². The van der Waals surface area contributed by atoms with E-state index in [9.17, 15) is 22.8 Å². The van der Waals surface area contributed by atoms with Crippen molar-refractivity contribution >= 4 is 5.91 Å². The number of nitrogens with zero attached hydrogens (tertiary/aromatic N) is 5. The number of hydrogen-bond donors (Lipinski definition) is 1. The molecule has 30 heavy (non-hydrogen) atoms. The molecule has 156 valence electrons. The quantitative estimate of drug-likeness (QED) is 0.687. The predicted octanol–water partition coefficient (Wildman–Crippen LogP) is 2.42. The van der Waals surface area contributed by atoms with Gasteiger partial charge >= 0.3 is 6.18 Å². The lowest BCUT2D eigenvalue weighted by atomic mass is 10.1. The molecule has 1 saturated carbocycles. The monoisotopic (exact) mass is 418 g/mol. The van der Waals surface area contributed by atoms with Crippen molar-refractivity contribution in [2.75, 3.05) is 0 Å². The maximum absolute atomic E-state index is 13.4. The number of aromatic nitrogens is 5. The molecule has 0 unspecified atom stereocenters. The Kier molecular flexibility index (Phi) is 4.88. The number of hydrogen-bond acceptors (Lipinski definition) is 5. The molecular formula is C19H17F3N6O2. The second-order valence-corrected chi connectivity index (χ2v) is 6.99. The zero-order valence-corrected chi connectivity index (χ0v) is 15.8. The molecule has 11 heteroatoms. The zero-order chi connectivity index (χ0) is 21.5. The fourth-order valence-electron chi connectivity index (χ4n) is 3.14. The van der Waals surface area contributed by atoms with Gasteiger partial charge in [-0.15, -0.1) is 10.2 Å². The molecule has 0 atom stereocenters. The van der Waals surface area contributed by atoms with Crippen molar-refractivity contribution < 1.29 is 18.0 Å². The minimum absolute atomic E-state index is 0.0173. The van der Waals surface area contributed by atoms with Gasteiger partial charge in [0.15, 0.2) is 11.5 Å². The normalized spacial score (nSPS) is 14.0. The first-order valence-electron chi connectivity index (χ1n) is 9.20. The number of nitrogens with one attached hydrogen (secondary N) is 1. The van der Waals surface area contributed by atoms with Gasteiger partial charge in [0.25, 0.3) is 5.91 Å². The number of aryl methyl sites for hydroxylation is 1. The summed E-state index contributed by atoms with van der Waals surface area (Å²) in [6, 6.07) is 6.22. The summed E-state index contributed by atoms with van der Waals surface area (Å²) in [5.74, 6) is -0.274. The van der Waals surface area contributed by atoms with Crippen LogP contribution in [0.4, 0.5) is 13.2 Å². The highest BCUT2D eigenvalue weighted by Gasteiger charge is 2.34. The van der Waals surface area contributed by atoms with Gasteiger partial charge in [-0.3, -0.25) is 9.59 Å². The van der Waals surface area contributed by atoms with E-state index in [-0.39, 0.29) is 17.9 Å². The number of alkyl halides is 3. The first kappa shape index (κ1) is 19.8. The molecule has 8 nitrogen and oxygen atoms in total. The van der Waals surface area contributed by atoms with E-state index in [0.29, 0.717) is 11.9 Å². The second-order valence-electron chi connectivity index (χ2n) is 6.99. The third-order valence-corrected chi connectivity index (χ3v) is 4.75. The lowest BCUT2D eigenvalue weighted by Crippen LogP contribution is -2.32. The highest BCUT2D eigenvalue weighted by atomic mass is 19.4. The van der Waals surface area contributed by atoms with Crippen molar-refractivity contribution in [1.29, 1.82) is 0 Å². The maximum Gasteiger partial charge on any atom is 0.418 e. The Bertz CT molecular complexity index is 1160. The summed E-state index contributed by atoms with van der Waals surface area (Å²) in [5, 5.41) is 14.3. The smallest absolute Gasteiger partial charge is 0.343 e. The number of para-hydroxylation sites is 1. The number of benzene rings is 1. The molecule has 1 aliphatic rings. The summed E-state index contributed by atoms with van der Waals surface area (Å²) >= 11 is 0. The molecule has 1 aromatic carbocycles. The number of halogens is 3. The molecule has 4 rings (SSSR count). The molecule has 0 saturated heterocycles. The van der Waals surface area contributed by atoms with E-state index in [1.165, 1.54) is 25.1 Å². The molecule has 0 bridgehead atoms. The van der Waals surface area contributed by atoms with Gasteiger partial charge < -0.3 is 9.88 Å². The SMILES string of the molecule is Cc1cc(=O)c(C(=O)NCc2nncn2C2CC2)nn1-c1ccccc1C(F)(F)F. The van der Waals surface area contributed by atoms with E-state index >= 15 is 0 Å². The van der Waals surface area contributed by atoms with Gasteiger partial charge in [-0.25, -0.2) is 4.68 Å². The van der Waals surface area contributed by atoms with Gasteiger partial charge in [-0.2, -0.15) is 18.3 Å². The molecule has 2 heterocycles. The molecule has 1 fully saturated rings. The van der Waals surface area contributed by atoms with E-state index in [1.54, 1.807) is 6.33 Å². The highest BCUT2D eigenvalue weighted by molar-refractivity contribution is 5.91. The Morgan fingerprint density at radius 2 is 2.00 bits per heavy atom. The molecule has 0 aliphatic heterocycles. The van der Waals surface area contributed by atoms with Crippen molar-refractivity contribution in [2.24, 2.45) is 0 Å². The number of carbonyl (C=O) groups excluding carboxylic acids is 1. The minimum atomic E-state index is -4.62. The lowest BCUT2D eigenvalue weighted by molar-refractivity contribution is -0.137. The van der Waals surface area contributed by atoms with Crippen LogP contribution in [0.3, 0.4) is 0 Å². The second kappa shape index (κ2) is 7.39. The molecule has 0 spiro atoms. The van der Waals surface area contributed by atoms with Crippen LogP contribution in [0.1, 0.15) is 46.5 Å². The van der Waals surface area contributed by atoms with Gasteiger partial charge in [-0.1, -0.05) is 12.1 Å². The molecule has 1 amide bonds. The summed E-state index contributed by atoms with van der Waals surface area (Å²) in [6.45, 7) is 1.46. The van der Waals surface area contributed by atoms with Gasteiger partial charge in [0, 0.05) is 17.8 Å². The van der Waals surface area contributed by atoms with Gasteiger partial charge in [0.05, 0.1) is 17.8 Å². The van der Waals surface area contributed by atoms with Crippen molar-refractivity contribution in [3.05, 3.63) is 69.7 Å². The fraction of sp³-hybridized carbons (Fsp3) is 0.316. The van der Waals surface area contributed by atoms with Crippen LogP contribution in [0.5, 0.6) is 0 Å². The van der Waals surface area contributed by atoms with Crippen LogP contribution in [-0.2, 0) is 12.7 Å². The van der Waals surface area contributed by atoms with Gasteiger partial charge in [0.1, 0.15) is 6.33 Å². The molecule has 0 radical (unpaired) electrons. The van der Waals surface area contributed by atoms with Crippen LogP contribution in [0.2, 0.25) is 0 Å². The van der Waals surface area contributed by atoms with Crippen molar-refractivity contribution in [3.63, 3.8) is 0 Å². The fourth-order valence-corrected chi connectivity index (χ4v) is 3.14. The van der Waals surface area contributed by atoms with Crippen LogP contribution in [0.25, 0.3) is 5.69 Å². The zero-order valence-electron chi connectivity index (χ0n) is 15.8. The Morgan fingerprint density at radius 3 is 2.70 bits per heavy atom. The number of carbonyl (C=O) groups is 1. The largest absolute Gasteiger partial charge is 0.418 e. The average Bonchev–Trinajstić information content (AvgIpc) is 3.43. The maximum atomic E-state index is 13.4. The molecule has 2 aromatic heterocycles. The van der Waals surface area contributed by atoms with Gasteiger partial charge in [-0.05, 0) is 31.9 Å². The van der Waals surface area contributed by atoms with Crippen molar-refractivity contribution in [1.82, 2.24) is 29.9 Å². The summed E-state index contributed by atoms with van der Waals surface area (Å²) in [7, 11) is 0. The summed E-state index contributed by atoms with van der Waals surface area (Å²) in [5.41, 5.74) is -2.22. The topological polar surface area (TPSA) is 94.7 Å². The molecule has 1 N–H and O–H groups in total. The summed E-state index contributed by atoms with van der Waals surface area (Å²) in [4.78, 5) is 24.9. The standard InChI is InChI=1S/C19H17F3N6O2/c1-11-8-15(29)17(18(30)23-9-16-25-24-10-27(16)12-6-7-12)26-28(11)14-5-3-2-4-13(14)19(20,21)22/h2-5,8,10,12H,6-7,9H2,1H3,(H,23,30). The Labute approximate surface area is 168 Å². The number of rotatable bonds is 5. The first-order valence-corrected chi connectivity index (χ1v) is 9.20. The Balaban J connectivity index is 1.65. The Hall–Kier alpha value is -3.50. The Morgan fingerprint density at radius 1 is 1.27 bits per heavy atom. The lowest BCUT2D eigenvalue weighted by Gasteiger charge is -2.16. The molecular weight excluding hydrogens is 401 g/mol. The summed E-state index contributed by atoms with van der Waals surface area (Å²) < 4.78 is 43.0. The van der Waals surface area contributed by atoms with E-state index in [0.717, 1.165) is 29.7 Å². The number of amides is 1. The van der Waals surface area contributed by atoms with Crippen LogP contribution in [0, 0.1) is 6.92 Å². The van der Waals surface area contributed by atoms with Crippen LogP contribution in [-0.4, -0.2) is 30.5 Å². The van der Waals surface area contributed by atoms with E-state index in [4.69, 9.17) is 0 Å². The first-order chi connectivity index (χ1) is 14.3. The van der Waals surface area contributed by atoms with Crippen LogP contribution >= 0.6 is 0 Å². The van der Waals surface area contributed by atoms with E-state index in [1.807, 2.05) is 4.57 Å². The van der Waals surface area contributed by atoms with Gasteiger partial charge in [0.2, 0.25) is 5.43 Å². The highest BCUT2D eigenvalue weighted by Crippen LogP contribution is 2.35. The van der Waals surface area contributed by atoms with E-state index in [2.05, 4.69) is 20.6 Å². The third-order valence-electron chi connectivity index (χ3n) is 4.75. The molecule has 3 aromatic rings. The van der Waals surface area contributed by atoms with Crippen LogP contribution < -0.4 is 10.7 Å². The average molecular weight is 418 g/mol. The third kappa shape index (κ3) is 3.82. The summed E-state index contributed by atoms with van der Waals surface area (Å²) in [6.07, 6.45) is -1.04. The predicted molar refractivity (Wildman–Crippen MR) is 99.0 cm³/mol.